The van der Waals surface area contributed by atoms with E-state index >= 15 is 0 Å². The van der Waals surface area contributed by atoms with Crippen LogP contribution in [-0.2, 0) is 11.9 Å². The molecule has 0 bridgehead atoms. The summed E-state index contributed by atoms with van der Waals surface area (Å²) in [7, 11) is 0. The minimum absolute atomic E-state index is 0.0524. The lowest BCUT2D eigenvalue weighted by Crippen LogP contribution is -2.22. The Morgan fingerprint density at radius 1 is 0.727 bits per heavy atom. The van der Waals surface area contributed by atoms with Crippen molar-refractivity contribution in [2.75, 3.05) is 6.61 Å². The highest BCUT2D eigenvalue weighted by atomic mass is 79.9. The Kier molecular flexibility index (Phi) is 14.7. The second kappa shape index (κ2) is 17.6. The molecule has 0 atom stereocenters. The van der Waals surface area contributed by atoms with E-state index in [4.69, 9.17) is 4.74 Å². The first kappa shape index (κ1) is 27.4. The lowest BCUT2D eigenvalue weighted by Gasteiger charge is -2.09. The van der Waals surface area contributed by atoms with Gasteiger partial charge in [-0.15, -0.1) is 0 Å². The van der Waals surface area contributed by atoms with Gasteiger partial charge in [0.05, 0.1) is 6.61 Å². The molecule has 4 heteroatoms. The Morgan fingerprint density at radius 2 is 1.24 bits per heavy atom. The topological polar surface area (TPSA) is 38.3 Å². The summed E-state index contributed by atoms with van der Waals surface area (Å²) >= 11 is 3.42. The minimum atomic E-state index is -0.0524. The van der Waals surface area contributed by atoms with Gasteiger partial charge in [0.2, 0.25) is 0 Å². The Morgan fingerprint density at radius 3 is 1.79 bits per heavy atom. The Hall–Kier alpha value is -1.81. The van der Waals surface area contributed by atoms with Crippen LogP contribution in [-0.4, -0.2) is 12.5 Å². The van der Waals surface area contributed by atoms with E-state index in [-0.39, 0.29) is 5.91 Å². The zero-order chi connectivity index (χ0) is 23.6. The van der Waals surface area contributed by atoms with Crippen LogP contribution >= 0.6 is 15.9 Å². The van der Waals surface area contributed by atoms with Gasteiger partial charge in [0.25, 0.3) is 5.91 Å². The van der Waals surface area contributed by atoms with Crippen molar-refractivity contribution in [1.29, 1.82) is 0 Å². The first-order valence-electron chi connectivity index (χ1n) is 12.9. The molecule has 0 aliphatic heterocycles. The first-order chi connectivity index (χ1) is 16.2. The Bertz CT molecular complexity index is 758. The van der Waals surface area contributed by atoms with Gasteiger partial charge >= 0.3 is 0 Å². The standard InChI is InChI=1S/C29H42BrNO2/c1-2-3-4-5-6-7-8-9-10-11-12-13-22-33-28-20-16-26(17-21-28)24-31-29(32)27-18-14-25(23-30)15-19-27/h14-21H,2-13,22-24H2,1H3,(H,31,32). The largest absolute Gasteiger partial charge is 0.494 e. The summed E-state index contributed by atoms with van der Waals surface area (Å²) in [5.74, 6) is 0.849. The summed E-state index contributed by atoms with van der Waals surface area (Å²) in [5, 5.41) is 3.77. The number of ether oxygens (including phenoxy) is 1. The molecule has 2 aromatic rings. The molecule has 0 saturated heterocycles. The van der Waals surface area contributed by atoms with Gasteiger partial charge in [-0.25, -0.2) is 0 Å². The van der Waals surface area contributed by atoms with E-state index in [1.807, 2.05) is 48.5 Å². The molecule has 0 aliphatic carbocycles. The van der Waals surface area contributed by atoms with Crippen LogP contribution in [0.1, 0.15) is 105 Å². The lowest BCUT2D eigenvalue weighted by atomic mass is 10.1. The number of hydrogen-bond acceptors (Lipinski definition) is 2. The quantitative estimate of drug-likeness (QED) is 0.159. The number of unbranched alkanes of at least 4 members (excludes halogenated alkanes) is 11. The van der Waals surface area contributed by atoms with Crippen molar-refractivity contribution < 1.29 is 9.53 Å². The molecule has 0 spiro atoms. The van der Waals surface area contributed by atoms with Crippen LogP contribution in [0.15, 0.2) is 48.5 Å². The van der Waals surface area contributed by atoms with Gasteiger partial charge in [-0.05, 0) is 41.8 Å². The predicted molar refractivity (Wildman–Crippen MR) is 143 cm³/mol. The fourth-order valence-electron chi connectivity index (χ4n) is 3.87. The van der Waals surface area contributed by atoms with Gasteiger partial charge in [-0.1, -0.05) is 118 Å². The third kappa shape index (κ3) is 12.3. The van der Waals surface area contributed by atoms with Crippen LogP contribution < -0.4 is 10.1 Å². The lowest BCUT2D eigenvalue weighted by molar-refractivity contribution is 0.0951. The highest BCUT2D eigenvalue weighted by molar-refractivity contribution is 9.08. The summed E-state index contributed by atoms with van der Waals surface area (Å²) in [6.45, 7) is 3.56. The van der Waals surface area contributed by atoms with E-state index in [1.165, 1.54) is 70.6 Å². The monoisotopic (exact) mass is 515 g/mol. The van der Waals surface area contributed by atoms with Gasteiger partial charge < -0.3 is 10.1 Å². The molecule has 33 heavy (non-hydrogen) atoms. The van der Waals surface area contributed by atoms with Crippen molar-refractivity contribution in [3.05, 3.63) is 65.2 Å². The fourth-order valence-corrected chi connectivity index (χ4v) is 4.24. The molecule has 2 rings (SSSR count). The van der Waals surface area contributed by atoms with E-state index in [0.29, 0.717) is 12.1 Å². The summed E-state index contributed by atoms with van der Waals surface area (Å²) in [6, 6.07) is 15.7. The third-order valence-corrected chi connectivity index (χ3v) is 6.66. The molecule has 182 valence electrons. The zero-order valence-corrected chi connectivity index (χ0v) is 22.0. The Labute approximate surface area is 209 Å². The molecule has 3 nitrogen and oxygen atoms in total. The smallest absolute Gasteiger partial charge is 0.251 e. The number of halogens is 1. The maximum Gasteiger partial charge on any atom is 0.251 e. The summed E-state index contributed by atoms with van der Waals surface area (Å²) in [5.41, 5.74) is 2.91. The van der Waals surface area contributed by atoms with E-state index < -0.39 is 0 Å². The van der Waals surface area contributed by atoms with Gasteiger partial charge in [0.15, 0.2) is 0 Å². The average Bonchev–Trinajstić information content (AvgIpc) is 2.86. The maximum absolute atomic E-state index is 12.3. The van der Waals surface area contributed by atoms with Crippen molar-refractivity contribution in [2.24, 2.45) is 0 Å². The molecule has 2 aromatic carbocycles. The fraction of sp³-hybridized carbons (Fsp3) is 0.552. The average molecular weight is 517 g/mol. The number of hydrogen-bond donors (Lipinski definition) is 1. The summed E-state index contributed by atoms with van der Waals surface area (Å²) in [4.78, 5) is 12.3. The summed E-state index contributed by atoms with van der Waals surface area (Å²) < 4.78 is 5.88. The molecular formula is C29H42BrNO2. The van der Waals surface area contributed by atoms with Crippen molar-refractivity contribution >= 4 is 21.8 Å². The van der Waals surface area contributed by atoms with Crippen molar-refractivity contribution in [2.45, 2.75) is 95.8 Å². The number of carbonyl (C=O) groups excluding carboxylic acids is 1. The molecule has 0 aromatic heterocycles. The van der Waals surface area contributed by atoms with Crippen LogP contribution in [0.5, 0.6) is 5.75 Å². The number of nitrogens with one attached hydrogen (secondary N) is 1. The molecule has 0 radical (unpaired) electrons. The van der Waals surface area contributed by atoms with E-state index in [9.17, 15) is 4.79 Å². The van der Waals surface area contributed by atoms with E-state index in [0.717, 1.165) is 35.2 Å². The molecule has 1 amide bonds. The molecular weight excluding hydrogens is 474 g/mol. The summed E-state index contributed by atoms with van der Waals surface area (Å²) in [6.07, 6.45) is 16.2. The van der Waals surface area contributed by atoms with Gasteiger partial charge in [-0.2, -0.15) is 0 Å². The minimum Gasteiger partial charge on any atom is -0.494 e. The zero-order valence-electron chi connectivity index (χ0n) is 20.4. The molecule has 0 fully saturated rings. The number of benzene rings is 2. The molecule has 0 aliphatic rings. The highest BCUT2D eigenvalue weighted by Gasteiger charge is 2.05. The molecule has 0 unspecified atom stereocenters. The molecule has 1 N–H and O–H groups in total. The number of rotatable bonds is 18. The highest BCUT2D eigenvalue weighted by Crippen LogP contribution is 2.15. The van der Waals surface area contributed by atoms with Crippen molar-refractivity contribution in [3.63, 3.8) is 0 Å². The van der Waals surface area contributed by atoms with Gasteiger partial charge in [0.1, 0.15) is 5.75 Å². The normalized spacial score (nSPS) is 10.8. The van der Waals surface area contributed by atoms with Crippen LogP contribution in [0.25, 0.3) is 0 Å². The first-order valence-corrected chi connectivity index (χ1v) is 14.0. The number of carbonyl (C=O) groups is 1. The van der Waals surface area contributed by atoms with E-state index in [2.05, 4.69) is 28.2 Å². The van der Waals surface area contributed by atoms with Crippen LogP contribution in [0.4, 0.5) is 0 Å². The third-order valence-electron chi connectivity index (χ3n) is 6.01. The molecule has 0 saturated carbocycles. The van der Waals surface area contributed by atoms with Crippen LogP contribution in [0.3, 0.4) is 0 Å². The Balaban J connectivity index is 1.49. The number of amides is 1. The second-order valence-electron chi connectivity index (χ2n) is 8.89. The van der Waals surface area contributed by atoms with Gasteiger partial charge in [-0.3, -0.25) is 4.79 Å². The van der Waals surface area contributed by atoms with E-state index in [1.54, 1.807) is 0 Å². The predicted octanol–water partition coefficient (Wildman–Crippen LogP) is 8.59. The van der Waals surface area contributed by atoms with Gasteiger partial charge in [0, 0.05) is 17.4 Å². The van der Waals surface area contributed by atoms with Crippen LogP contribution in [0, 0.1) is 0 Å². The van der Waals surface area contributed by atoms with Crippen molar-refractivity contribution in [3.8, 4) is 5.75 Å². The second-order valence-corrected chi connectivity index (χ2v) is 9.46. The number of alkyl halides is 1. The van der Waals surface area contributed by atoms with Crippen LogP contribution in [0.2, 0.25) is 0 Å². The SMILES string of the molecule is CCCCCCCCCCCCCCOc1ccc(CNC(=O)c2ccc(CBr)cc2)cc1. The van der Waals surface area contributed by atoms with Crippen molar-refractivity contribution in [1.82, 2.24) is 5.32 Å². The molecule has 0 heterocycles. The maximum atomic E-state index is 12.3.